The summed E-state index contributed by atoms with van der Waals surface area (Å²) in [6, 6.07) is 9.78. The molecule has 18 heavy (non-hydrogen) atoms. The van der Waals surface area contributed by atoms with E-state index in [9.17, 15) is 4.79 Å². The van der Waals surface area contributed by atoms with Gasteiger partial charge in [-0.1, -0.05) is 30.0 Å². The molecule has 4 nitrogen and oxygen atoms in total. The van der Waals surface area contributed by atoms with Gasteiger partial charge >= 0.3 is 5.97 Å². The lowest BCUT2D eigenvalue weighted by molar-refractivity contribution is -0.137. The summed E-state index contributed by atoms with van der Waals surface area (Å²) >= 11 is 1.33. The molecule has 5 heteroatoms. The van der Waals surface area contributed by atoms with Gasteiger partial charge in [0, 0.05) is 11.4 Å². The monoisotopic (exact) mass is 264 g/mol. The van der Waals surface area contributed by atoms with Crippen LogP contribution in [0.5, 0.6) is 0 Å². The predicted octanol–water partition coefficient (Wildman–Crippen LogP) is 2.28. The smallest absolute Gasteiger partial charge is 0.346 e. The van der Waals surface area contributed by atoms with Crippen molar-refractivity contribution in [2.45, 2.75) is 19.3 Å². The predicted molar refractivity (Wildman–Crippen MR) is 73.8 cm³/mol. The molecular formula is C13H16N2O2S. The number of anilines is 1. The number of ether oxygens (including phenoxy) is 1. The van der Waals surface area contributed by atoms with E-state index in [-0.39, 0.29) is 11.5 Å². The van der Waals surface area contributed by atoms with Crippen LogP contribution in [0.1, 0.15) is 13.8 Å². The summed E-state index contributed by atoms with van der Waals surface area (Å²) in [5.74, 6) is -0.297. The second-order valence-corrected chi connectivity index (χ2v) is 4.98. The van der Waals surface area contributed by atoms with Crippen molar-refractivity contribution in [3.05, 3.63) is 40.9 Å². The fourth-order valence-corrected chi connectivity index (χ4v) is 2.93. The van der Waals surface area contributed by atoms with Crippen LogP contribution in [0.25, 0.3) is 0 Å². The summed E-state index contributed by atoms with van der Waals surface area (Å²) in [5.41, 5.74) is 7.61. The number of nitrogens with zero attached hydrogens (tertiary/aromatic N) is 1. The first-order chi connectivity index (χ1) is 8.65. The van der Waals surface area contributed by atoms with E-state index in [1.54, 1.807) is 6.92 Å². The average Bonchev–Trinajstić information content (AvgIpc) is 2.66. The van der Waals surface area contributed by atoms with Crippen LogP contribution in [0.3, 0.4) is 0 Å². The van der Waals surface area contributed by atoms with Crippen molar-refractivity contribution >= 4 is 23.4 Å². The van der Waals surface area contributed by atoms with Crippen LogP contribution in [-0.2, 0) is 9.53 Å². The van der Waals surface area contributed by atoms with E-state index < -0.39 is 0 Å². The van der Waals surface area contributed by atoms with E-state index in [1.165, 1.54) is 11.8 Å². The molecule has 0 fully saturated rings. The van der Waals surface area contributed by atoms with Crippen LogP contribution in [0.4, 0.5) is 5.69 Å². The van der Waals surface area contributed by atoms with E-state index in [1.807, 2.05) is 42.2 Å². The third-order valence-corrected chi connectivity index (χ3v) is 3.83. The standard InChI is InChI=1S/C13H16N2O2S/c1-3-17-12(16)11-9(2)15(13(14)18-11)10-7-5-4-6-8-10/h4-8,13H,3,14H2,1-2H3. The Morgan fingerprint density at radius 1 is 1.44 bits per heavy atom. The first-order valence-electron chi connectivity index (χ1n) is 5.79. The van der Waals surface area contributed by atoms with Gasteiger partial charge in [0.05, 0.1) is 6.61 Å². The zero-order valence-electron chi connectivity index (χ0n) is 10.4. The van der Waals surface area contributed by atoms with Crippen molar-refractivity contribution in [2.75, 3.05) is 11.5 Å². The van der Waals surface area contributed by atoms with Crippen LogP contribution in [-0.4, -0.2) is 18.1 Å². The Morgan fingerprint density at radius 2 is 2.11 bits per heavy atom. The molecule has 0 amide bonds. The minimum Gasteiger partial charge on any atom is -0.462 e. The molecule has 0 saturated carbocycles. The topological polar surface area (TPSA) is 55.6 Å². The number of carbonyl (C=O) groups excluding carboxylic acids is 1. The molecule has 1 aliphatic rings. The summed E-state index contributed by atoms with van der Waals surface area (Å²) in [6.07, 6.45) is 0. The molecule has 0 spiro atoms. The summed E-state index contributed by atoms with van der Waals surface area (Å²) < 4.78 is 5.03. The highest BCUT2D eigenvalue weighted by Gasteiger charge is 2.32. The normalized spacial score (nSPS) is 19.3. The van der Waals surface area contributed by atoms with E-state index in [2.05, 4.69) is 0 Å². The number of hydrogen-bond donors (Lipinski definition) is 1. The van der Waals surface area contributed by atoms with Crippen molar-refractivity contribution in [2.24, 2.45) is 5.73 Å². The number of thioether (sulfide) groups is 1. The first kappa shape index (κ1) is 13.0. The van der Waals surface area contributed by atoms with Gasteiger partial charge in [-0.2, -0.15) is 0 Å². The van der Waals surface area contributed by atoms with Crippen molar-refractivity contribution in [1.29, 1.82) is 0 Å². The molecule has 1 heterocycles. The molecule has 0 bridgehead atoms. The molecule has 1 aromatic rings. The second-order valence-electron chi connectivity index (χ2n) is 3.85. The van der Waals surface area contributed by atoms with E-state index in [0.29, 0.717) is 11.5 Å². The quantitative estimate of drug-likeness (QED) is 0.849. The second kappa shape index (κ2) is 5.46. The molecule has 1 atom stereocenters. The van der Waals surface area contributed by atoms with Gasteiger partial charge in [-0.05, 0) is 26.0 Å². The van der Waals surface area contributed by atoms with Crippen molar-refractivity contribution in [1.82, 2.24) is 0 Å². The van der Waals surface area contributed by atoms with Gasteiger partial charge in [-0.25, -0.2) is 4.79 Å². The lowest BCUT2D eigenvalue weighted by atomic mass is 10.2. The Morgan fingerprint density at radius 3 is 2.72 bits per heavy atom. The van der Waals surface area contributed by atoms with Crippen molar-refractivity contribution in [3.63, 3.8) is 0 Å². The molecule has 1 unspecified atom stereocenters. The molecule has 1 aliphatic heterocycles. The highest BCUT2D eigenvalue weighted by molar-refractivity contribution is 8.04. The highest BCUT2D eigenvalue weighted by atomic mass is 32.2. The molecule has 1 aromatic carbocycles. The lowest BCUT2D eigenvalue weighted by Crippen LogP contribution is -2.34. The molecule has 2 rings (SSSR count). The van der Waals surface area contributed by atoms with Crippen molar-refractivity contribution < 1.29 is 9.53 Å². The molecule has 2 N–H and O–H groups in total. The Hall–Kier alpha value is -1.46. The Bertz CT molecular complexity index is 473. The number of allylic oxidation sites excluding steroid dienone is 1. The molecule has 0 saturated heterocycles. The molecule has 0 aliphatic carbocycles. The number of rotatable bonds is 3. The SMILES string of the molecule is CCOC(=O)C1=C(C)N(c2ccccc2)C(N)S1. The zero-order valence-corrected chi connectivity index (χ0v) is 11.2. The average molecular weight is 264 g/mol. The zero-order chi connectivity index (χ0) is 13.1. The Kier molecular flexibility index (Phi) is 3.93. The minimum atomic E-state index is -0.297. The summed E-state index contributed by atoms with van der Waals surface area (Å²) in [7, 11) is 0. The summed E-state index contributed by atoms with van der Waals surface area (Å²) in [6.45, 7) is 4.05. The fraction of sp³-hybridized carbons (Fsp3) is 0.308. The van der Waals surface area contributed by atoms with Crippen molar-refractivity contribution in [3.8, 4) is 0 Å². The largest absolute Gasteiger partial charge is 0.462 e. The maximum atomic E-state index is 11.8. The number of para-hydroxylation sites is 1. The van der Waals surface area contributed by atoms with Gasteiger partial charge in [0.25, 0.3) is 0 Å². The lowest BCUT2D eigenvalue weighted by Gasteiger charge is -2.24. The van der Waals surface area contributed by atoms with E-state index in [0.717, 1.165) is 11.4 Å². The van der Waals surface area contributed by atoms with Crippen LogP contribution in [0.15, 0.2) is 40.9 Å². The van der Waals surface area contributed by atoms with Gasteiger partial charge in [-0.3, -0.25) is 0 Å². The summed E-state index contributed by atoms with van der Waals surface area (Å²) in [5, 5.41) is 0. The number of hydrogen-bond acceptors (Lipinski definition) is 5. The van der Waals surface area contributed by atoms with Gasteiger partial charge in [-0.15, -0.1) is 0 Å². The van der Waals surface area contributed by atoms with Crippen LogP contribution in [0.2, 0.25) is 0 Å². The van der Waals surface area contributed by atoms with Gasteiger partial charge < -0.3 is 15.4 Å². The van der Waals surface area contributed by atoms with Gasteiger partial charge in [0.1, 0.15) is 10.4 Å². The molecule has 96 valence electrons. The third-order valence-electron chi connectivity index (χ3n) is 2.68. The fourth-order valence-electron chi connectivity index (χ4n) is 1.88. The molecule has 0 aromatic heterocycles. The van der Waals surface area contributed by atoms with E-state index in [4.69, 9.17) is 10.5 Å². The number of nitrogens with two attached hydrogens (primary N) is 1. The van der Waals surface area contributed by atoms with E-state index >= 15 is 0 Å². The maximum absolute atomic E-state index is 11.8. The molecular weight excluding hydrogens is 248 g/mol. The number of carbonyl (C=O) groups is 1. The van der Waals surface area contributed by atoms with Crippen LogP contribution in [0, 0.1) is 0 Å². The summed E-state index contributed by atoms with van der Waals surface area (Å²) in [4.78, 5) is 14.3. The Balaban J connectivity index is 2.30. The third kappa shape index (κ3) is 2.37. The Labute approximate surface area is 111 Å². The number of benzene rings is 1. The minimum absolute atomic E-state index is 0.285. The highest BCUT2D eigenvalue weighted by Crippen LogP contribution is 2.39. The maximum Gasteiger partial charge on any atom is 0.346 e. The van der Waals surface area contributed by atoms with Crippen LogP contribution < -0.4 is 10.6 Å². The van der Waals surface area contributed by atoms with Gasteiger partial charge in [0.15, 0.2) is 0 Å². The van der Waals surface area contributed by atoms with Crippen LogP contribution >= 0.6 is 11.8 Å². The number of esters is 1. The molecule has 0 radical (unpaired) electrons. The van der Waals surface area contributed by atoms with Gasteiger partial charge in [0.2, 0.25) is 0 Å². The first-order valence-corrected chi connectivity index (χ1v) is 6.67.